The van der Waals surface area contributed by atoms with Crippen molar-refractivity contribution in [2.45, 2.75) is 25.3 Å². The fourth-order valence-electron chi connectivity index (χ4n) is 3.68. The Bertz CT molecular complexity index is 1440. The summed E-state index contributed by atoms with van der Waals surface area (Å²) in [6, 6.07) is 19.1. The number of aryl methyl sites for hydroxylation is 2. The highest BCUT2D eigenvalue weighted by Gasteiger charge is 2.28. The van der Waals surface area contributed by atoms with Gasteiger partial charge in [-0.3, -0.25) is 9.10 Å². The Labute approximate surface area is 210 Å². The summed E-state index contributed by atoms with van der Waals surface area (Å²) in [6.07, 6.45) is 5.17. The zero-order valence-electron chi connectivity index (χ0n) is 19.3. The number of nitrogens with zero attached hydrogens (tertiary/aromatic N) is 3. The number of hydrogen-bond acceptors (Lipinski definition) is 4. The quantitative estimate of drug-likeness (QED) is 0.375. The summed E-state index contributed by atoms with van der Waals surface area (Å²) in [4.78, 5) is 17.2. The molecule has 0 fully saturated rings. The topological polar surface area (TPSA) is 84.3 Å². The van der Waals surface area contributed by atoms with Crippen LogP contribution in [0, 0.1) is 13.8 Å². The van der Waals surface area contributed by atoms with E-state index >= 15 is 0 Å². The number of hydrogen-bond donors (Lipinski definition) is 1. The number of rotatable bonds is 8. The molecule has 35 heavy (non-hydrogen) atoms. The lowest BCUT2D eigenvalue weighted by Gasteiger charge is -2.26. The molecule has 0 unspecified atom stereocenters. The van der Waals surface area contributed by atoms with Crippen LogP contribution in [0.3, 0.4) is 0 Å². The molecule has 1 amide bonds. The normalized spacial score (nSPS) is 11.3. The van der Waals surface area contributed by atoms with Gasteiger partial charge in [0.2, 0.25) is 5.91 Å². The maximum absolute atomic E-state index is 13.6. The largest absolute Gasteiger partial charge is 0.350 e. The van der Waals surface area contributed by atoms with Crippen LogP contribution in [0.25, 0.3) is 5.69 Å². The first kappa shape index (κ1) is 24.5. The summed E-state index contributed by atoms with van der Waals surface area (Å²) in [5.41, 5.74) is 3.71. The molecule has 0 bridgehead atoms. The SMILES string of the molecule is Cc1ccc(S(=O)(=O)N(CC(=O)NCc2ccccc2-n2ccnc2)c2cc(Cl)ccc2C)cc1. The van der Waals surface area contributed by atoms with Crippen molar-refractivity contribution in [1.82, 2.24) is 14.9 Å². The summed E-state index contributed by atoms with van der Waals surface area (Å²) >= 11 is 6.19. The molecule has 1 heterocycles. The van der Waals surface area contributed by atoms with Crippen molar-refractivity contribution in [3.8, 4) is 5.69 Å². The number of imidazole rings is 1. The average Bonchev–Trinajstić information content (AvgIpc) is 3.38. The van der Waals surface area contributed by atoms with Crippen LogP contribution in [0.5, 0.6) is 0 Å². The molecule has 0 saturated carbocycles. The molecule has 9 heteroatoms. The van der Waals surface area contributed by atoms with Crippen LogP contribution >= 0.6 is 11.6 Å². The predicted octanol–water partition coefficient (Wildman–Crippen LogP) is 4.65. The Kier molecular flexibility index (Phi) is 7.23. The summed E-state index contributed by atoms with van der Waals surface area (Å²) in [7, 11) is -4.03. The van der Waals surface area contributed by atoms with E-state index in [1.54, 1.807) is 49.8 Å². The summed E-state index contributed by atoms with van der Waals surface area (Å²) < 4.78 is 30.2. The summed E-state index contributed by atoms with van der Waals surface area (Å²) in [5.74, 6) is -0.444. The van der Waals surface area contributed by atoms with Gasteiger partial charge in [0.25, 0.3) is 10.0 Å². The number of sulfonamides is 1. The molecule has 3 aromatic carbocycles. The molecule has 0 spiro atoms. The maximum Gasteiger partial charge on any atom is 0.264 e. The zero-order chi connectivity index (χ0) is 25.0. The van der Waals surface area contributed by atoms with E-state index in [9.17, 15) is 13.2 Å². The molecule has 0 saturated heterocycles. The van der Waals surface area contributed by atoms with Crippen molar-refractivity contribution in [1.29, 1.82) is 0 Å². The van der Waals surface area contributed by atoms with E-state index in [4.69, 9.17) is 11.6 Å². The minimum Gasteiger partial charge on any atom is -0.350 e. The molecule has 7 nitrogen and oxygen atoms in total. The van der Waals surface area contributed by atoms with E-state index in [1.165, 1.54) is 12.1 Å². The predicted molar refractivity (Wildman–Crippen MR) is 137 cm³/mol. The molecule has 4 rings (SSSR count). The van der Waals surface area contributed by atoms with E-state index in [0.717, 1.165) is 21.1 Å². The number of aromatic nitrogens is 2. The van der Waals surface area contributed by atoms with Crippen LogP contribution in [0.15, 0.2) is 90.3 Å². The van der Waals surface area contributed by atoms with Gasteiger partial charge in [-0.25, -0.2) is 13.4 Å². The second-order valence-corrected chi connectivity index (χ2v) is 10.4. The molecule has 1 aromatic heterocycles. The van der Waals surface area contributed by atoms with E-state index in [1.807, 2.05) is 42.0 Å². The third kappa shape index (κ3) is 5.55. The highest BCUT2D eigenvalue weighted by Crippen LogP contribution is 2.29. The molecular formula is C26H25ClN4O3S. The van der Waals surface area contributed by atoms with Gasteiger partial charge in [0.05, 0.1) is 22.6 Å². The highest BCUT2D eigenvalue weighted by atomic mass is 35.5. The number of nitrogens with one attached hydrogen (secondary N) is 1. The third-order valence-corrected chi connectivity index (χ3v) is 7.60. The number of carbonyl (C=O) groups excluding carboxylic acids is 1. The van der Waals surface area contributed by atoms with Crippen molar-refractivity contribution in [2.24, 2.45) is 0 Å². The Morgan fingerprint density at radius 1 is 1.06 bits per heavy atom. The van der Waals surface area contributed by atoms with Crippen molar-refractivity contribution in [2.75, 3.05) is 10.8 Å². The van der Waals surface area contributed by atoms with Gasteiger partial charge < -0.3 is 9.88 Å². The maximum atomic E-state index is 13.6. The van der Waals surface area contributed by atoms with Gasteiger partial charge in [-0.05, 0) is 55.3 Å². The molecular weight excluding hydrogens is 484 g/mol. The Balaban J connectivity index is 1.61. The highest BCUT2D eigenvalue weighted by molar-refractivity contribution is 7.92. The first-order valence-electron chi connectivity index (χ1n) is 10.9. The number of para-hydroxylation sites is 1. The fourth-order valence-corrected chi connectivity index (χ4v) is 5.33. The number of carbonyl (C=O) groups is 1. The number of amides is 1. The Hall–Kier alpha value is -3.62. The van der Waals surface area contributed by atoms with E-state index in [-0.39, 0.29) is 11.4 Å². The van der Waals surface area contributed by atoms with Crippen molar-refractivity contribution < 1.29 is 13.2 Å². The molecule has 1 N–H and O–H groups in total. The molecule has 0 aliphatic heterocycles. The lowest BCUT2D eigenvalue weighted by molar-refractivity contribution is -0.119. The zero-order valence-corrected chi connectivity index (χ0v) is 20.9. The van der Waals surface area contributed by atoms with Crippen LogP contribution < -0.4 is 9.62 Å². The minimum absolute atomic E-state index is 0.0979. The second kappa shape index (κ2) is 10.3. The van der Waals surface area contributed by atoms with Crippen LogP contribution in [-0.2, 0) is 21.4 Å². The van der Waals surface area contributed by atoms with Crippen LogP contribution in [-0.4, -0.2) is 30.4 Å². The summed E-state index contributed by atoms with van der Waals surface area (Å²) in [5, 5.41) is 3.24. The van der Waals surface area contributed by atoms with Crippen LogP contribution in [0.4, 0.5) is 5.69 Å². The van der Waals surface area contributed by atoms with Crippen molar-refractivity contribution in [3.63, 3.8) is 0 Å². The van der Waals surface area contributed by atoms with E-state index in [0.29, 0.717) is 16.3 Å². The van der Waals surface area contributed by atoms with Crippen LogP contribution in [0.2, 0.25) is 5.02 Å². The third-order valence-electron chi connectivity index (χ3n) is 5.59. The minimum atomic E-state index is -4.03. The standard InChI is InChI=1S/C26H25ClN4O3S/c1-19-7-11-23(12-8-19)35(33,34)31(25-15-22(27)10-9-20(25)2)17-26(32)29-16-21-5-3-4-6-24(21)30-14-13-28-18-30/h3-15,18H,16-17H2,1-2H3,(H,29,32). The monoisotopic (exact) mass is 508 g/mol. The summed E-state index contributed by atoms with van der Waals surface area (Å²) in [6.45, 7) is 3.48. The lowest BCUT2D eigenvalue weighted by atomic mass is 10.1. The Morgan fingerprint density at radius 3 is 2.51 bits per heavy atom. The average molecular weight is 509 g/mol. The van der Waals surface area contributed by atoms with Gasteiger partial charge in [-0.15, -0.1) is 0 Å². The van der Waals surface area contributed by atoms with Gasteiger partial charge in [-0.1, -0.05) is 53.6 Å². The first-order valence-corrected chi connectivity index (χ1v) is 12.8. The van der Waals surface area contributed by atoms with Gasteiger partial charge in [0, 0.05) is 24.0 Å². The molecule has 0 aliphatic rings. The van der Waals surface area contributed by atoms with Gasteiger partial charge >= 0.3 is 0 Å². The number of halogens is 1. The Morgan fingerprint density at radius 2 is 1.80 bits per heavy atom. The molecule has 0 aliphatic carbocycles. The van der Waals surface area contributed by atoms with Gasteiger partial charge in [-0.2, -0.15) is 0 Å². The molecule has 180 valence electrons. The molecule has 0 radical (unpaired) electrons. The van der Waals surface area contributed by atoms with E-state index < -0.39 is 22.5 Å². The number of benzene rings is 3. The number of anilines is 1. The van der Waals surface area contributed by atoms with Crippen LogP contribution in [0.1, 0.15) is 16.7 Å². The smallest absolute Gasteiger partial charge is 0.264 e. The molecule has 0 atom stereocenters. The fraction of sp³-hybridized carbons (Fsp3) is 0.154. The van der Waals surface area contributed by atoms with E-state index in [2.05, 4.69) is 10.3 Å². The second-order valence-electron chi connectivity index (χ2n) is 8.13. The molecule has 4 aromatic rings. The lowest BCUT2D eigenvalue weighted by Crippen LogP contribution is -2.41. The van der Waals surface area contributed by atoms with Gasteiger partial charge in [0.1, 0.15) is 6.54 Å². The van der Waals surface area contributed by atoms with Crippen molar-refractivity contribution in [3.05, 3.63) is 107 Å². The van der Waals surface area contributed by atoms with Crippen molar-refractivity contribution >= 4 is 33.2 Å². The first-order chi connectivity index (χ1) is 16.8. The van der Waals surface area contributed by atoms with Gasteiger partial charge in [0.15, 0.2) is 0 Å².